The lowest BCUT2D eigenvalue weighted by Crippen LogP contribution is -2.38. The van der Waals surface area contributed by atoms with E-state index in [1.807, 2.05) is 6.92 Å². The minimum atomic E-state index is -6.09. The molecule has 0 atom stereocenters. The zero-order chi connectivity index (χ0) is 18.0. The predicted octanol–water partition coefficient (Wildman–Crippen LogP) is -0.00960. The number of amidine groups is 1. The third-order valence-electron chi connectivity index (χ3n) is 1.53. The van der Waals surface area contributed by atoms with Gasteiger partial charge in [-0.1, -0.05) is 0 Å². The number of halogens is 3. The van der Waals surface area contributed by atoms with Crippen LogP contribution in [0.4, 0.5) is 13.2 Å². The van der Waals surface area contributed by atoms with E-state index >= 15 is 0 Å². The Balaban J connectivity index is 0. The Morgan fingerprint density at radius 1 is 1.14 bits per heavy atom. The molecule has 0 N–H and O–H groups in total. The zero-order valence-electron chi connectivity index (χ0n) is 12.4. The quantitative estimate of drug-likeness (QED) is 0.220. The summed E-state index contributed by atoms with van der Waals surface area (Å²) in [5, 5.41) is 1.01. The van der Waals surface area contributed by atoms with Gasteiger partial charge in [0.1, 0.15) is 14.2 Å². The van der Waals surface area contributed by atoms with Crippen LogP contribution in [0.1, 0.15) is 6.92 Å². The van der Waals surface area contributed by atoms with Crippen LogP contribution in [0.15, 0.2) is 0 Å². The Kier molecular flexibility index (Phi) is 10.6. The number of hydroxylamine groups is 2. The van der Waals surface area contributed by atoms with E-state index in [1.165, 1.54) is 28.4 Å². The summed E-state index contributed by atoms with van der Waals surface area (Å²) >= 11 is 0. The van der Waals surface area contributed by atoms with Gasteiger partial charge >= 0.3 is 11.5 Å². The lowest BCUT2D eigenvalue weighted by atomic mass is 10.9. The second-order valence-electron chi connectivity index (χ2n) is 2.86. The molecule has 0 heterocycles. The molecule has 0 bridgehead atoms. The molecule has 22 heavy (non-hydrogen) atoms. The highest BCUT2D eigenvalue weighted by Crippen LogP contribution is 2.20. The van der Waals surface area contributed by atoms with Gasteiger partial charge in [0.25, 0.3) is 0 Å². The second kappa shape index (κ2) is 10.3. The summed E-state index contributed by atoms with van der Waals surface area (Å²) < 4.78 is 64.1. The fourth-order valence-electron chi connectivity index (χ4n) is 0.763. The maximum absolute atomic E-state index is 10.7. The average Bonchev–Trinajstić information content (AvgIpc) is 2.40. The monoisotopic (exact) mass is 358 g/mol. The van der Waals surface area contributed by atoms with Crippen LogP contribution in [-0.4, -0.2) is 69.7 Å². The predicted molar refractivity (Wildman–Crippen MR) is 62.5 cm³/mol. The molecular weight excluding hydrogens is 341 g/mol. The minimum absolute atomic E-state index is 0.141. The van der Waals surface area contributed by atoms with Crippen molar-refractivity contribution >= 4 is 16.1 Å². The molecular formula is C8H17F3N2O8S. The van der Waals surface area contributed by atoms with E-state index in [0.717, 1.165) is 10.1 Å². The van der Waals surface area contributed by atoms with Crippen molar-refractivity contribution in [3.05, 3.63) is 0 Å². The molecule has 0 rings (SSSR count). The normalized spacial score (nSPS) is 11.0. The summed E-state index contributed by atoms with van der Waals surface area (Å²) in [5.41, 5.74) is -5.65. The molecule has 0 saturated carbocycles. The lowest BCUT2D eigenvalue weighted by Gasteiger charge is -2.11. The van der Waals surface area contributed by atoms with Gasteiger partial charge in [0.2, 0.25) is 0 Å². The molecule has 0 saturated heterocycles. The molecule has 0 aromatic heterocycles. The highest BCUT2D eigenvalue weighted by Gasteiger charge is 2.37. The molecule has 14 heteroatoms. The van der Waals surface area contributed by atoms with Crippen LogP contribution in [0.5, 0.6) is 0 Å². The van der Waals surface area contributed by atoms with E-state index in [2.05, 4.69) is 0 Å². The Morgan fingerprint density at radius 2 is 1.50 bits per heavy atom. The minimum Gasteiger partial charge on any atom is -0.741 e. The third kappa shape index (κ3) is 8.06. The van der Waals surface area contributed by atoms with Crippen LogP contribution < -0.4 is 0 Å². The van der Waals surface area contributed by atoms with Gasteiger partial charge < -0.3 is 19.0 Å². The first kappa shape index (κ1) is 22.8. The number of ether oxygens (including phenoxy) is 1. The van der Waals surface area contributed by atoms with E-state index in [9.17, 15) is 13.2 Å². The van der Waals surface area contributed by atoms with Gasteiger partial charge in [0.05, 0.1) is 26.1 Å². The number of hydrogen-bond acceptors (Lipinski definition) is 8. The topological polar surface area (TPSA) is 110 Å². The van der Waals surface area contributed by atoms with Crippen molar-refractivity contribution in [1.82, 2.24) is 5.23 Å². The van der Waals surface area contributed by atoms with Crippen LogP contribution in [-0.2, 0) is 34.2 Å². The summed E-state index contributed by atoms with van der Waals surface area (Å²) in [6.45, 7) is 2.23. The van der Waals surface area contributed by atoms with E-state index in [-0.39, 0.29) is 6.02 Å². The van der Waals surface area contributed by atoms with Gasteiger partial charge in [-0.3, -0.25) is 0 Å². The SMILES string of the molecule is CCOC(N(OC)OC)=[N+](OC)OC.O=S(=O)([O-])C(F)(F)F. The van der Waals surface area contributed by atoms with E-state index in [1.54, 1.807) is 0 Å². The Hall–Kier alpha value is -1.51. The van der Waals surface area contributed by atoms with Crippen molar-refractivity contribution in [3.63, 3.8) is 0 Å². The first-order chi connectivity index (χ1) is 9.99. The third-order valence-corrected chi connectivity index (χ3v) is 2.10. The number of alkyl halides is 3. The molecule has 134 valence electrons. The smallest absolute Gasteiger partial charge is 0.593 e. The molecule has 0 aromatic rings. The molecule has 0 amide bonds. The fourth-order valence-corrected chi connectivity index (χ4v) is 0.763. The summed E-state index contributed by atoms with van der Waals surface area (Å²) in [6, 6.07) is 0.141. The van der Waals surface area contributed by atoms with E-state index in [0.29, 0.717) is 6.61 Å². The first-order valence-corrected chi connectivity index (χ1v) is 6.69. The van der Waals surface area contributed by atoms with Crippen LogP contribution in [0.25, 0.3) is 0 Å². The fraction of sp³-hybridized carbons (Fsp3) is 0.875. The lowest BCUT2D eigenvalue weighted by molar-refractivity contribution is -0.965. The summed E-state index contributed by atoms with van der Waals surface area (Å²) in [7, 11) is -0.400. The molecule has 0 aliphatic rings. The summed E-state index contributed by atoms with van der Waals surface area (Å²) in [6.07, 6.45) is 0. The average molecular weight is 358 g/mol. The Bertz CT molecular complexity index is 429. The molecule has 0 unspecified atom stereocenters. The van der Waals surface area contributed by atoms with Crippen molar-refractivity contribution in [2.75, 3.05) is 35.0 Å². The van der Waals surface area contributed by atoms with Gasteiger partial charge in [-0.25, -0.2) is 8.42 Å². The van der Waals surface area contributed by atoms with Crippen LogP contribution >= 0.6 is 0 Å². The maximum Gasteiger partial charge on any atom is 0.593 e. The van der Waals surface area contributed by atoms with E-state index in [4.69, 9.17) is 37.1 Å². The highest BCUT2D eigenvalue weighted by atomic mass is 32.2. The molecule has 0 aliphatic carbocycles. The van der Waals surface area contributed by atoms with Crippen LogP contribution in [0, 0.1) is 0 Å². The Labute approximate surface area is 125 Å². The zero-order valence-corrected chi connectivity index (χ0v) is 13.2. The van der Waals surface area contributed by atoms with Crippen molar-refractivity contribution in [2.45, 2.75) is 12.4 Å². The molecule has 0 aliphatic heterocycles. The van der Waals surface area contributed by atoms with Gasteiger partial charge in [-0.05, 0) is 6.92 Å². The largest absolute Gasteiger partial charge is 0.741 e. The maximum atomic E-state index is 10.7. The number of rotatable bonds is 5. The molecule has 0 fully saturated rings. The van der Waals surface area contributed by atoms with Crippen molar-refractivity contribution < 1.29 is 55.1 Å². The molecule has 0 aromatic carbocycles. The number of hydrogen-bond donors (Lipinski definition) is 0. The van der Waals surface area contributed by atoms with Crippen LogP contribution in [0.2, 0.25) is 0 Å². The van der Waals surface area contributed by atoms with Gasteiger partial charge in [-0.2, -0.15) is 22.8 Å². The van der Waals surface area contributed by atoms with Crippen molar-refractivity contribution in [1.29, 1.82) is 0 Å². The van der Waals surface area contributed by atoms with Crippen molar-refractivity contribution in [2.24, 2.45) is 0 Å². The van der Waals surface area contributed by atoms with Crippen molar-refractivity contribution in [3.8, 4) is 0 Å². The van der Waals surface area contributed by atoms with Gasteiger partial charge in [-0.15, -0.1) is 0 Å². The second-order valence-corrected chi connectivity index (χ2v) is 4.23. The summed E-state index contributed by atoms with van der Waals surface area (Å²) in [4.78, 5) is 20.4. The van der Waals surface area contributed by atoms with Crippen LogP contribution in [0.3, 0.4) is 0 Å². The molecule has 0 radical (unpaired) electrons. The molecule has 10 nitrogen and oxygen atoms in total. The number of nitrogens with zero attached hydrogens (tertiary/aromatic N) is 2. The van der Waals surface area contributed by atoms with Gasteiger partial charge in [0.15, 0.2) is 15.0 Å². The standard InChI is InChI=1S/C7H17N2O5.CHF3O3S/c1-6-14-7(8(10-2)11-3)9(12-4)13-5;2-1(3,4)8(5,6)7/h6H2,1-5H3;(H,5,6,7)/q+1;/p-1. The van der Waals surface area contributed by atoms with E-state index < -0.39 is 15.6 Å². The Morgan fingerprint density at radius 3 is 1.68 bits per heavy atom. The summed E-state index contributed by atoms with van der Waals surface area (Å²) in [5.74, 6) is 0. The highest BCUT2D eigenvalue weighted by molar-refractivity contribution is 7.86. The van der Waals surface area contributed by atoms with Gasteiger partial charge in [0, 0.05) is 0 Å². The molecule has 0 spiro atoms. The first-order valence-electron chi connectivity index (χ1n) is 5.28.